The predicted molar refractivity (Wildman–Crippen MR) is 114 cm³/mol. The van der Waals surface area contributed by atoms with E-state index in [2.05, 4.69) is 4.98 Å². The molecule has 1 saturated heterocycles. The van der Waals surface area contributed by atoms with Crippen LogP contribution in [0.15, 0.2) is 52.2 Å². The van der Waals surface area contributed by atoms with E-state index in [1.807, 2.05) is 25.1 Å². The van der Waals surface area contributed by atoms with Crippen LogP contribution in [-0.2, 0) is 14.8 Å². The number of H-pyrrole nitrogens is 1. The Morgan fingerprint density at radius 1 is 1.13 bits per heavy atom. The number of piperazine rings is 1. The summed E-state index contributed by atoms with van der Waals surface area (Å²) in [6, 6.07) is 12.1. The summed E-state index contributed by atoms with van der Waals surface area (Å²) < 4.78 is 33.5. The lowest BCUT2D eigenvalue weighted by molar-refractivity contribution is -0.134. The highest BCUT2D eigenvalue weighted by atomic mass is 32.2. The number of thiazole rings is 1. The maximum atomic E-state index is 13.0. The molecule has 3 aromatic rings. The van der Waals surface area contributed by atoms with E-state index in [4.69, 9.17) is 4.74 Å². The Balaban J connectivity index is 1.38. The predicted octanol–water partition coefficient (Wildman–Crippen LogP) is 1.81. The van der Waals surface area contributed by atoms with Gasteiger partial charge in [0.25, 0.3) is 5.91 Å². The van der Waals surface area contributed by atoms with Crippen molar-refractivity contribution < 1.29 is 17.9 Å². The first-order valence-electron chi connectivity index (χ1n) is 9.43. The van der Waals surface area contributed by atoms with Gasteiger partial charge < -0.3 is 14.6 Å². The van der Waals surface area contributed by atoms with Crippen molar-refractivity contribution in [1.29, 1.82) is 0 Å². The number of fused-ring (bicyclic) bond motifs is 1. The molecule has 1 aromatic heterocycles. The van der Waals surface area contributed by atoms with E-state index < -0.39 is 10.0 Å². The Hall–Kier alpha value is -2.69. The Bertz CT molecular complexity index is 1240. The van der Waals surface area contributed by atoms with E-state index in [1.165, 1.54) is 16.4 Å². The molecule has 0 radical (unpaired) electrons. The van der Waals surface area contributed by atoms with Crippen molar-refractivity contribution >= 4 is 37.5 Å². The van der Waals surface area contributed by atoms with Crippen molar-refractivity contribution in [3.63, 3.8) is 0 Å². The van der Waals surface area contributed by atoms with Gasteiger partial charge in [0.15, 0.2) is 6.61 Å². The number of nitrogens with one attached hydrogen (secondary N) is 1. The molecule has 158 valence electrons. The number of carbonyl (C=O) groups is 1. The molecular weight excluding hydrogens is 426 g/mol. The van der Waals surface area contributed by atoms with Crippen LogP contribution in [0.25, 0.3) is 10.2 Å². The summed E-state index contributed by atoms with van der Waals surface area (Å²) in [5.41, 5.74) is 1.66. The fourth-order valence-corrected chi connectivity index (χ4v) is 5.65. The van der Waals surface area contributed by atoms with Crippen LogP contribution in [0.5, 0.6) is 5.75 Å². The second-order valence-electron chi connectivity index (χ2n) is 7.06. The molecule has 10 heteroatoms. The zero-order chi connectivity index (χ0) is 21.3. The number of sulfonamides is 1. The molecule has 1 fully saturated rings. The Morgan fingerprint density at radius 3 is 2.63 bits per heavy atom. The lowest BCUT2D eigenvalue weighted by Crippen LogP contribution is -2.51. The third-order valence-corrected chi connectivity index (χ3v) is 7.71. The summed E-state index contributed by atoms with van der Waals surface area (Å²) in [5, 5.41) is 0. The molecule has 1 amide bonds. The molecule has 0 unspecified atom stereocenters. The van der Waals surface area contributed by atoms with E-state index in [9.17, 15) is 18.0 Å². The largest absolute Gasteiger partial charge is 0.484 e. The summed E-state index contributed by atoms with van der Waals surface area (Å²) in [4.78, 5) is 28.1. The van der Waals surface area contributed by atoms with Gasteiger partial charge in [0.1, 0.15) is 5.75 Å². The first kappa shape index (κ1) is 20.6. The molecule has 1 aliphatic heterocycles. The van der Waals surface area contributed by atoms with Gasteiger partial charge >= 0.3 is 4.87 Å². The van der Waals surface area contributed by atoms with Crippen molar-refractivity contribution in [1.82, 2.24) is 14.2 Å². The molecule has 0 spiro atoms. The van der Waals surface area contributed by atoms with Gasteiger partial charge in [-0.2, -0.15) is 4.31 Å². The summed E-state index contributed by atoms with van der Waals surface area (Å²) in [7, 11) is -3.70. The van der Waals surface area contributed by atoms with Crippen LogP contribution < -0.4 is 9.61 Å². The number of aryl methyl sites for hydroxylation is 1. The first-order valence-corrected chi connectivity index (χ1v) is 11.7. The monoisotopic (exact) mass is 447 g/mol. The second kappa shape index (κ2) is 8.21. The molecule has 0 aliphatic carbocycles. The molecule has 2 aromatic carbocycles. The van der Waals surface area contributed by atoms with Crippen LogP contribution in [0.3, 0.4) is 0 Å². The Morgan fingerprint density at radius 2 is 1.90 bits per heavy atom. The molecule has 1 aliphatic rings. The number of hydrogen-bond donors (Lipinski definition) is 1. The number of hydrogen-bond acceptors (Lipinski definition) is 6. The molecule has 4 rings (SSSR count). The summed E-state index contributed by atoms with van der Waals surface area (Å²) in [6.45, 7) is 2.88. The van der Waals surface area contributed by atoms with Crippen LogP contribution in [0.2, 0.25) is 0 Å². The maximum absolute atomic E-state index is 13.0. The smallest absolute Gasteiger partial charge is 0.305 e. The van der Waals surface area contributed by atoms with Gasteiger partial charge in [-0.15, -0.1) is 0 Å². The number of rotatable bonds is 5. The number of amides is 1. The van der Waals surface area contributed by atoms with Crippen molar-refractivity contribution in [3.05, 3.63) is 57.7 Å². The number of carbonyl (C=O) groups excluding carboxylic acids is 1. The van der Waals surface area contributed by atoms with Crippen LogP contribution in [0.1, 0.15) is 5.56 Å². The number of aromatic amines is 1. The summed E-state index contributed by atoms with van der Waals surface area (Å²) in [5.74, 6) is 0.457. The minimum absolute atomic E-state index is 0.0841. The number of nitrogens with zero attached hydrogens (tertiary/aromatic N) is 2. The molecule has 0 atom stereocenters. The molecular formula is C20H21N3O5S2. The van der Waals surface area contributed by atoms with E-state index >= 15 is 0 Å². The minimum Gasteiger partial charge on any atom is -0.484 e. The van der Waals surface area contributed by atoms with E-state index in [0.717, 1.165) is 16.9 Å². The lowest BCUT2D eigenvalue weighted by atomic mass is 10.2. The van der Waals surface area contributed by atoms with Gasteiger partial charge in [0.2, 0.25) is 10.0 Å². The highest BCUT2D eigenvalue weighted by molar-refractivity contribution is 7.89. The highest BCUT2D eigenvalue weighted by Gasteiger charge is 2.30. The number of benzene rings is 2. The van der Waals surface area contributed by atoms with E-state index in [-0.39, 0.29) is 35.4 Å². The molecule has 0 saturated carbocycles. The van der Waals surface area contributed by atoms with Crippen molar-refractivity contribution in [2.45, 2.75) is 11.8 Å². The van der Waals surface area contributed by atoms with Crippen LogP contribution in [0.4, 0.5) is 0 Å². The zero-order valence-corrected chi connectivity index (χ0v) is 18.0. The van der Waals surface area contributed by atoms with Gasteiger partial charge in [-0.1, -0.05) is 23.5 Å². The molecule has 2 heterocycles. The minimum atomic E-state index is -3.70. The number of ether oxygens (including phenoxy) is 1. The van der Waals surface area contributed by atoms with Crippen LogP contribution in [0, 0.1) is 6.92 Å². The standard InChI is InChI=1S/C20H21N3O5S2/c1-14-3-2-4-15(11-14)28-13-19(24)22-7-9-23(10-8-22)30(26,27)16-5-6-17-18(12-16)29-20(25)21-17/h2-6,11-12H,7-10,13H2,1H3,(H,21,25). The topological polar surface area (TPSA) is 99.8 Å². The van der Waals surface area contributed by atoms with Gasteiger partial charge in [-0.3, -0.25) is 9.59 Å². The lowest BCUT2D eigenvalue weighted by Gasteiger charge is -2.34. The highest BCUT2D eigenvalue weighted by Crippen LogP contribution is 2.23. The van der Waals surface area contributed by atoms with Gasteiger partial charge in [0, 0.05) is 26.2 Å². The molecule has 1 N–H and O–H groups in total. The van der Waals surface area contributed by atoms with Crippen LogP contribution >= 0.6 is 11.3 Å². The van der Waals surface area contributed by atoms with Crippen LogP contribution in [-0.4, -0.2) is 61.3 Å². The van der Waals surface area contributed by atoms with E-state index in [0.29, 0.717) is 29.1 Å². The average molecular weight is 448 g/mol. The SMILES string of the molecule is Cc1cccc(OCC(=O)N2CCN(S(=O)(=O)c3ccc4[nH]c(=O)sc4c3)CC2)c1. The van der Waals surface area contributed by atoms with Crippen molar-refractivity contribution in [3.8, 4) is 5.75 Å². The first-order chi connectivity index (χ1) is 14.3. The third-order valence-electron chi connectivity index (χ3n) is 4.97. The quantitative estimate of drug-likeness (QED) is 0.643. The second-order valence-corrected chi connectivity index (χ2v) is 10.0. The molecule has 30 heavy (non-hydrogen) atoms. The maximum Gasteiger partial charge on any atom is 0.305 e. The molecule has 0 bridgehead atoms. The zero-order valence-electron chi connectivity index (χ0n) is 16.3. The molecule has 8 nitrogen and oxygen atoms in total. The van der Waals surface area contributed by atoms with Crippen molar-refractivity contribution in [2.24, 2.45) is 0 Å². The average Bonchev–Trinajstić information content (AvgIpc) is 3.11. The summed E-state index contributed by atoms with van der Waals surface area (Å²) in [6.07, 6.45) is 0. The van der Waals surface area contributed by atoms with Gasteiger partial charge in [-0.05, 0) is 42.8 Å². The van der Waals surface area contributed by atoms with Gasteiger partial charge in [-0.25, -0.2) is 8.42 Å². The third kappa shape index (κ3) is 4.25. The van der Waals surface area contributed by atoms with E-state index in [1.54, 1.807) is 17.0 Å². The van der Waals surface area contributed by atoms with Gasteiger partial charge in [0.05, 0.1) is 15.1 Å². The summed E-state index contributed by atoms with van der Waals surface area (Å²) >= 11 is 0.977. The Labute approximate surface area is 177 Å². The fraction of sp³-hybridized carbons (Fsp3) is 0.300. The van der Waals surface area contributed by atoms with Crippen molar-refractivity contribution in [2.75, 3.05) is 32.8 Å². The fourth-order valence-electron chi connectivity index (χ4n) is 3.35. The Kier molecular flexibility index (Phi) is 5.63. The number of aromatic nitrogens is 1. The normalized spacial score (nSPS) is 15.4.